The van der Waals surface area contributed by atoms with Crippen molar-refractivity contribution >= 4 is 5.95 Å². The number of aromatic nitrogens is 4. The van der Waals surface area contributed by atoms with Crippen molar-refractivity contribution in [2.24, 2.45) is 0 Å². The van der Waals surface area contributed by atoms with Gasteiger partial charge >= 0.3 is 0 Å². The summed E-state index contributed by atoms with van der Waals surface area (Å²) in [5, 5.41) is 4.75. The third-order valence-electron chi connectivity index (χ3n) is 6.67. The Balaban J connectivity index is 1.51. The predicted octanol–water partition coefficient (Wildman–Crippen LogP) is 3.53. The second kappa shape index (κ2) is 8.92. The molecule has 2 aromatic heterocycles. The summed E-state index contributed by atoms with van der Waals surface area (Å²) in [6, 6.07) is 2.09. The van der Waals surface area contributed by atoms with Gasteiger partial charge in [-0.15, -0.1) is 0 Å². The van der Waals surface area contributed by atoms with Crippen LogP contribution in [0.3, 0.4) is 0 Å². The lowest BCUT2D eigenvalue weighted by Crippen LogP contribution is -2.36. The molecule has 2 aliphatic rings. The number of piperidine rings is 2. The molecule has 164 valence electrons. The average Bonchev–Trinajstić information content (AvgIpc) is 3.03. The molecule has 0 spiro atoms. The van der Waals surface area contributed by atoms with Crippen molar-refractivity contribution < 1.29 is 0 Å². The van der Waals surface area contributed by atoms with Crippen molar-refractivity contribution in [3.63, 3.8) is 0 Å². The summed E-state index contributed by atoms with van der Waals surface area (Å²) in [7, 11) is 0. The summed E-state index contributed by atoms with van der Waals surface area (Å²) in [6.07, 6.45) is 5.84. The highest BCUT2D eigenvalue weighted by molar-refractivity contribution is 5.32. The van der Waals surface area contributed by atoms with Crippen molar-refractivity contribution in [2.75, 3.05) is 31.1 Å². The zero-order chi connectivity index (χ0) is 21.3. The molecule has 0 aliphatic carbocycles. The molecular formula is C23H36N6O. The lowest BCUT2D eigenvalue weighted by molar-refractivity contribution is 0.197. The highest BCUT2D eigenvalue weighted by Gasteiger charge is 2.26. The molecule has 0 radical (unpaired) electrons. The first-order valence-corrected chi connectivity index (χ1v) is 11.6. The van der Waals surface area contributed by atoms with E-state index < -0.39 is 0 Å². The number of likely N-dealkylation sites (tertiary alicyclic amines) is 1. The second-order valence-electron chi connectivity index (χ2n) is 9.30. The van der Waals surface area contributed by atoms with E-state index in [-0.39, 0.29) is 5.56 Å². The molecule has 4 heterocycles. The van der Waals surface area contributed by atoms with E-state index in [2.05, 4.69) is 47.2 Å². The maximum absolute atomic E-state index is 12.4. The average molecular weight is 413 g/mol. The Morgan fingerprint density at radius 2 is 1.90 bits per heavy atom. The third kappa shape index (κ3) is 4.46. The van der Waals surface area contributed by atoms with Crippen LogP contribution in [0.4, 0.5) is 5.95 Å². The molecule has 2 aliphatic heterocycles. The van der Waals surface area contributed by atoms with Gasteiger partial charge in [0.1, 0.15) is 0 Å². The molecule has 1 N–H and O–H groups in total. The molecule has 2 saturated heterocycles. The first kappa shape index (κ1) is 21.1. The van der Waals surface area contributed by atoms with Gasteiger partial charge in [-0.2, -0.15) is 5.10 Å². The third-order valence-corrected chi connectivity index (χ3v) is 6.67. The van der Waals surface area contributed by atoms with Crippen LogP contribution in [-0.2, 0) is 6.54 Å². The van der Waals surface area contributed by atoms with E-state index >= 15 is 0 Å². The Morgan fingerprint density at radius 3 is 2.60 bits per heavy atom. The number of nitrogens with one attached hydrogen (secondary N) is 1. The molecule has 7 nitrogen and oxygen atoms in total. The molecule has 0 amide bonds. The van der Waals surface area contributed by atoms with Crippen LogP contribution in [0.2, 0.25) is 0 Å². The first-order valence-electron chi connectivity index (χ1n) is 11.6. The zero-order valence-corrected chi connectivity index (χ0v) is 18.9. The van der Waals surface area contributed by atoms with Crippen LogP contribution < -0.4 is 10.5 Å². The lowest BCUT2D eigenvalue weighted by atomic mass is 9.94. The van der Waals surface area contributed by atoms with Crippen molar-refractivity contribution in [3.8, 4) is 0 Å². The van der Waals surface area contributed by atoms with Crippen LogP contribution >= 0.6 is 0 Å². The quantitative estimate of drug-likeness (QED) is 0.813. The molecule has 4 rings (SSSR count). The van der Waals surface area contributed by atoms with Gasteiger partial charge in [-0.25, -0.2) is 4.98 Å². The van der Waals surface area contributed by atoms with Crippen LogP contribution in [0.25, 0.3) is 0 Å². The smallest absolute Gasteiger partial charge is 0.252 e. The molecule has 30 heavy (non-hydrogen) atoms. The number of anilines is 1. The Labute approximate surface area is 179 Å². The summed E-state index contributed by atoms with van der Waals surface area (Å²) in [4.78, 5) is 25.0. The van der Waals surface area contributed by atoms with Gasteiger partial charge in [-0.3, -0.25) is 19.4 Å². The molecule has 0 aromatic carbocycles. The van der Waals surface area contributed by atoms with E-state index in [1.807, 2.05) is 0 Å². The van der Waals surface area contributed by atoms with Crippen molar-refractivity contribution in [3.05, 3.63) is 39.1 Å². The predicted molar refractivity (Wildman–Crippen MR) is 120 cm³/mol. The van der Waals surface area contributed by atoms with E-state index in [0.717, 1.165) is 62.9 Å². The minimum atomic E-state index is -0.0254. The Morgan fingerprint density at radius 1 is 1.13 bits per heavy atom. The van der Waals surface area contributed by atoms with Gasteiger partial charge in [0.25, 0.3) is 5.56 Å². The molecule has 1 atom stereocenters. The number of H-pyrrole nitrogens is 1. The molecule has 0 unspecified atom stereocenters. The van der Waals surface area contributed by atoms with Crippen molar-refractivity contribution in [1.29, 1.82) is 0 Å². The number of rotatable bonds is 5. The molecule has 2 fully saturated rings. The Kier molecular flexibility index (Phi) is 6.27. The van der Waals surface area contributed by atoms with E-state index in [1.165, 1.54) is 30.5 Å². The van der Waals surface area contributed by atoms with E-state index in [1.54, 1.807) is 6.07 Å². The fourth-order valence-corrected chi connectivity index (χ4v) is 5.02. The number of nitrogens with zero attached hydrogens (tertiary/aromatic N) is 5. The fourth-order valence-electron chi connectivity index (χ4n) is 5.02. The topological polar surface area (TPSA) is 70.1 Å². The molecule has 0 bridgehead atoms. The van der Waals surface area contributed by atoms with Gasteiger partial charge in [0, 0.05) is 55.5 Å². The maximum Gasteiger partial charge on any atom is 0.252 e. The number of aryl methyl sites for hydroxylation is 1. The standard InChI is InChI=1S/C23H36N6O/c1-16(2)29-18(4)20(17(3)26-29)15-27-10-8-9-19(14-27)21-13-22(30)25-23(24-21)28-11-6-5-7-12-28/h13,16,19H,5-12,14-15H2,1-4H3,(H,24,25,30)/t19-/m1/s1. The number of hydrogen-bond donors (Lipinski definition) is 1. The highest BCUT2D eigenvalue weighted by atomic mass is 16.1. The van der Waals surface area contributed by atoms with Gasteiger partial charge in [-0.1, -0.05) is 0 Å². The summed E-state index contributed by atoms with van der Waals surface area (Å²) >= 11 is 0. The zero-order valence-electron chi connectivity index (χ0n) is 18.9. The van der Waals surface area contributed by atoms with E-state index in [9.17, 15) is 4.79 Å². The number of hydrogen-bond acceptors (Lipinski definition) is 5. The SMILES string of the molecule is Cc1nn(C(C)C)c(C)c1CN1CCC[C@@H](c2cc(=O)[nH]c(N3CCCCC3)n2)C1. The van der Waals surface area contributed by atoms with Crippen LogP contribution in [0.5, 0.6) is 0 Å². The molecule has 0 saturated carbocycles. The normalized spacial score (nSPS) is 20.8. The van der Waals surface area contributed by atoms with Gasteiger partial charge < -0.3 is 4.90 Å². The van der Waals surface area contributed by atoms with Gasteiger partial charge in [0.15, 0.2) is 0 Å². The summed E-state index contributed by atoms with van der Waals surface area (Å²) < 4.78 is 2.13. The van der Waals surface area contributed by atoms with E-state index in [4.69, 9.17) is 10.1 Å². The highest BCUT2D eigenvalue weighted by Crippen LogP contribution is 2.28. The Hall–Kier alpha value is -2.15. The monoisotopic (exact) mass is 412 g/mol. The molecular weight excluding hydrogens is 376 g/mol. The molecule has 2 aromatic rings. The summed E-state index contributed by atoms with van der Waals surface area (Å²) in [5.74, 6) is 1.07. The van der Waals surface area contributed by atoms with Crippen LogP contribution in [0.15, 0.2) is 10.9 Å². The van der Waals surface area contributed by atoms with E-state index in [0.29, 0.717) is 12.0 Å². The first-order chi connectivity index (χ1) is 14.4. The van der Waals surface area contributed by atoms with Gasteiger partial charge in [0.2, 0.25) is 5.95 Å². The van der Waals surface area contributed by atoms with Gasteiger partial charge in [0.05, 0.1) is 11.4 Å². The fraction of sp³-hybridized carbons (Fsp3) is 0.696. The van der Waals surface area contributed by atoms with Crippen molar-refractivity contribution in [2.45, 2.75) is 78.3 Å². The Bertz CT molecular complexity index is 924. The van der Waals surface area contributed by atoms with Crippen LogP contribution in [0.1, 0.15) is 80.6 Å². The van der Waals surface area contributed by atoms with Crippen LogP contribution in [-0.4, -0.2) is 50.8 Å². The minimum Gasteiger partial charge on any atom is -0.342 e. The molecule has 7 heteroatoms. The number of aromatic amines is 1. The lowest BCUT2D eigenvalue weighted by Gasteiger charge is -2.33. The van der Waals surface area contributed by atoms with Crippen LogP contribution in [0, 0.1) is 13.8 Å². The largest absolute Gasteiger partial charge is 0.342 e. The summed E-state index contributed by atoms with van der Waals surface area (Å²) in [6.45, 7) is 13.6. The maximum atomic E-state index is 12.4. The van der Waals surface area contributed by atoms with Crippen molar-refractivity contribution in [1.82, 2.24) is 24.6 Å². The van der Waals surface area contributed by atoms with Gasteiger partial charge in [-0.05, 0) is 66.3 Å². The minimum absolute atomic E-state index is 0.0254. The second-order valence-corrected chi connectivity index (χ2v) is 9.30. The summed E-state index contributed by atoms with van der Waals surface area (Å²) in [5.41, 5.74) is 4.67.